The van der Waals surface area contributed by atoms with E-state index in [9.17, 15) is 0 Å². The van der Waals surface area contributed by atoms with Gasteiger partial charge in [-0.1, -0.05) is 30.1 Å². The molecular weight excluding hydrogens is 297 g/mol. The summed E-state index contributed by atoms with van der Waals surface area (Å²) >= 11 is 12.0. The van der Waals surface area contributed by atoms with Gasteiger partial charge in [0.1, 0.15) is 23.3 Å². The molecule has 1 aromatic carbocycles. The Bertz CT molecular complexity index is 584. The Morgan fingerprint density at radius 1 is 1.35 bits per heavy atom. The van der Waals surface area contributed by atoms with Crippen LogP contribution in [0.25, 0.3) is 0 Å². The summed E-state index contributed by atoms with van der Waals surface area (Å²) in [5, 5.41) is 4.55. The number of aromatic nitrogens is 2. The smallest absolute Gasteiger partial charge is 0.147 e. The Hall–Kier alpha value is -1.23. The van der Waals surface area contributed by atoms with Crippen molar-refractivity contribution in [2.24, 2.45) is 7.05 Å². The Morgan fingerprint density at radius 2 is 2.15 bits per heavy atom. The summed E-state index contributed by atoms with van der Waals surface area (Å²) in [6.07, 6.45) is 1.61. The summed E-state index contributed by atoms with van der Waals surface area (Å²) in [5.74, 6) is 1.58. The second-order valence-electron chi connectivity index (χ2n) is 4.38. The van der Waals surface area contributed by atoms with Crippen LogP contribution < -0.4 is 10.1 Å². The molecule has 0 unspecified atom stereocenters. The molecule has 0 aliphatic carbocycles. The average Bonchev–Trinajstić information content (AvgIpc) is 2.75. The highest BCUT2D eigenvalue weighted by molar-refractivity contribution is 6.30. The first kappa shape index (κ1) is 15.2. The molecule has 0 aliphatic rings. The number of benzene rings is 1. The second-order valence-corrected chi connectivity index (χ2v) is 5.20. The number of hydrogen-bond acceptors (Lipinski definition) is 3. The zero-order valence-electron chi connectivity index (χ0n) is 11.5. The molecule has 0 fully saturated rings. The lowest BCUT2D eigenvalue weighted by atomic mass is 10.2. The number of imidazole rings is 1. The summed E-state index contributed by atoms with van der Waals surface area (Å²) in [5.41, 5.74) is 1.03. The van der Waals surface area contributed by atoms with Gasteiger partial charge in [0.2, 0.25) is 0 Å². The minimum Gasteiger partial charge on any atom is -0.485 e. The van der Waals surface area contributed by atoms with E-state index in [1.165, 1.54) is 0 Å². The minimum absolute atomic E-state index is 0.365. The molecule has 108 valence electrons. The monoisotopic (exact) mass is 313 g/mol. The van der Waals surface area contributed by atoms with Crippen LogP contribution in [0.1, 0.15) is 18.3 Å². The lowest BCUT2D eigenvalue weighted by molar-refractivity contribution is 0.288. The van der Waals surface area contributed by atoms with E-state index in [1.54, 1.807) is 10.8 Å². The minimum atomic E-state index is 0.365. The first-order chi connectivity index (χ1) is 9.61. The average molecular weight is 314 g/mol. The van der Waals surface area contributed by atoms with E-state index < -0.39 is 0 Å². The van der Waals surface area contributed by atoms with Crippen LogP contribution in [0.4, 0.5) is 0 Å². The van der Waals surface area contributed by atoms with Crippen LogP contribution in [0.2, 0.25) is 10.2 Å². The van der Waals surface area contributed by atoms with Gasteiger partial charge >= 0.3 is 0 Å². The third-order valence-corrected chi connectivity index (χ3v) is 3.56. The maximum atomic E-state index is 6.02. The van der Waals surface area contributed by atoms with Crippen molar-refractivity contribution in [2.45, 2.75) is 20.1 Å². The van der Waals surface area contributed by atoms with Crippen molar-refractivity contribution < 1.29 is 4.74 Å². The van der Waals surface area contributed by atoms with Crippen LogP contribution in [0.5, 0.6) is 5.75 Å². The van der Waals surface area contributed by atoms with Gasteiger partial charge < -0.3 is 14.6 Å². The third kappa shape index (κ3) is 3.66. The van der Waals surface area contributed by atoms with Crippen LogP contribution in [0.3, 0.4) is 0 Å². The first-order valence-electron chi connectivity index (χ1n) is 6.40. The van der Waals surface area contributed by atoms with Crippen LogP contribution in [-0.2, 0) is 20.2 Å². The van der Waals surface area contributed by atoms with Gasteiger partial charge in [0.15, 0.2) is 0 Å². The van der Waals surface area contributed by atoms with Gasteiger partial charge in [-0.3, -0.25) is 0 Å². The Morgan fingerprint density at radius 3 is 2.80 bits per heavy atom. The lowest BCUT2D eigenvalue weighted by Gasteiger charge is -2.12. The fraction of sp³-hybridized carbons (Fsp3) is 0.357. The maximum Gasteiger partial charge on any atom is 0.147 e. The van der Waals surface area contributed by atoms with E-state index in [4.69, 9.17) is 27.9 Å². The molecule has 1 aromatic heterocycles. The van der Waals surface area contributed by atoms with Crippen molar-refractivity contribution in [3.05, 3.63) is 46.0 Å². The summed E-state index contributed by atoms with van der Waals surface area (Å²) in [7, 11) is 1.86. The molecule has 6 heteroatoms. The molecule has 1 heterocycles. The van der Waals surface area contributed by atoms with Crippen LogP contribution >= 0.6 is 23.2 Å². The number of nitrogens with zero attached hydrogens (tertiary/aromatic N) is 2. The van der Waals surface area contributed by atoms with E-state index in [-0.39, 0.29) is 0 Å². The van der Waals surface area contributed by atoms with Crippen molar-refractivity contribution >= 4 is 23.2 Å². The fourth-order valence-corrected chi connectivity index (χ4v) is 2.13. The highest BCUT2D eigenvalue weighted by atomic mass is 35.5. The van der Waals surface area contributed by atoms with Crippen molar-refractivity contribution in [2.75, 3.05) is 6.54 Å². The number of nitrogens with one attached hydrogen (secondary N) is 1. The fourth-order valence-electron chi connectivity index (χ4n) is 1.79. The SMILES string of the molecule is CCNCc1cc(Cl)ccc1OCc1ncc(Cl)n1C. The molecule has 1 N–H and O–H groups in total. The molecule has 0 saturated heterocycles. The van der Waals surface area contributed by atoms with Crippen molar-refractivity contribution in [3.8, 4) is 5.75 Å². The normalized spacial score (nSPS) is 10.8. The maximum absolute atomic E-state index is 6.02. The van der Waals surface area contributed by atoms with Gasteiger partial charge in [-0.2, -0.15) is 0 Å². The summed E-state index contributed by atoms with van der Waals surface area (Å²) in [6, 6.07) is 5.60. The largest absolute Gasteiger partial charge is 0.485 e. The zero-order chi connectivity index (χ0) is 14.5. The highest BCUT2D eigenvalue weighted by Gasteiger charge is 2.08. The standard InChI is InChI=1S/C14H17Cl2N3O/c1-3-17-7-10-6-11(15)4-5-12(10)20-9-14-18-8-13(16)19(14)2/h4-6,8,17H,3,7,9H2,1-2H3. The Kier molecular flexibility index (Phi) is 5.29. The molecule has 0 aliphatic heterocycles. The van der Waals surface area contributed by atoms with Gasteiger partial charge in [0.25, 0.3) is 0 Å². The zero-order valence-corrected chi connectivity index (χ0v) is 13.0. The molecule has 4 nitrogen and oxygen atoms in total. The number of halogens is 2. The van der Waals surface area contributed by atoms with Crippen LogP contribution in [-0.4, -0.2) is 16.1 Å². The van der Waals surface area contributed by atoms with E-state index >= 15 is 0 Å². The predicted octanol–water partition coefficient (Wildman–Crippen LogP) is 3.42. The summed E-state index contributed by atoms with van der Waals surface area (Å²) < 4.78 is 7.62. The van der Waals surface area contributed by atoms with Crippen molar-refractivity contribution in [3.63, 3.8) is 0 Å². The molecule has 0 bridgehead atoms. The molecule has 0 amide bonds. The lowest BCUT2D eigenvalue weighted by Crippen LogP contribution is -2.13. The molecule has 0 spiro atoms. The number of rotatable bonds is 6. The van der Waals surface area contributed by atoms with Gasteiger partial charge in [0.05, 0.1) is 6.20 Å². The van der Waals surface area contributed by atoms with E-state index in [2.05, 4.69) is 17.2 Å². The molecular formula is C14H17Cl2N3O. The number of hydrogen-bond donors (Lipinski definition) is 1. The van der Waals surface area contributed by atoms with Crippen LogP contribution in [0.15, 0.2) is 24.4 Å². The molecule has 2 aromatic rings. The van der Waals surface area contributed by atoms with Crippen molar-refractivity contribution in [1.29, 1.82) is 0 Å². The van der Waals surface area contributed by atoms with Crippen LogP contribution in [0, 0.1) is 0 Å². The van der Waals surface area contributed by atoms with Crippen molar-refractivity contribution in [1.82, 2.24) is 14.9 Å². The van der Waals surface area contributed by atoms with Gasteiger partial charge in [-0.05, 0) is 24.7 Å². The molecule has 20 heavy (non-hydrogen) atoms. The molecule has 0 saturated carbocycles. The van der Waals surface area contributed by atoms with E-state index in [1.807, 2.05) is 25.2 Å². The number of ether oxygens (including phenoxy) is 1. The topological polar surface area (TPSA) is 39.1 Å². The first-order valence-corrected chi connectivity index (χ1v) is 7.15. The predicted molar refractivity (Wildman–Crippen MR) is 81.4 cm³/mol. The van der Waals surface area contributed by atoms with E-state index in [0.29, 0.717) is 23.3 Å². The molecule has 2 rings (SSSR count). The Labute approximate surface area is 128 Å². The third-order valence-electron chi connectivity index (χ3n) is 2.97. The highest BCUT2D eigenvalue weighted by Crippen LogP contribution is 2.24. The second kappa shape index (κ2) is 6.97. The summed E-state index contributed by atoms with van der Waals surface area (Å²) in [6.45, 7) is 4.03. The Balaban J connectivity index is 2.10. The van der Waals surface area contributed by atoms with Gasteiger partial charge in [-0.15, -0.1) is 0 Å². The van der Waals surface area contributed by atoms with Gasteiger partial charge in [0, 0.05) is 24.2 Å². The summed E-state index contributed by atoms with van der Waals surface area (Å²) in [4.78, 5) is 4.20. The quantitative estimate of drug-likeness (QED) is 0.888. The molecule has 0 atom stereocenters. The molecule has 0 radical (unpaired) electrons. The van der Waals surface area contributed by atoms with E-state index in [0.717, 1.165) is 23.7 Å². The van der Waals surface area contributed by atoms with Gasteiger partial charge in [-0.25, -0.2) is 4.98 Å².